The number of rotatable bonds is 7. The van der Waals surface area contributed by atoms with Crippen molar-refractivity contribution in [3.8, 4) is 5.75 Å². The fourth-order valence-electron chi connectivity index (χ4n) is 3.34. The molecule has 0 radical (unpaired) electrons. The maximum Gasteiger partial charge on any atom is 0.258 e. The van der Waals surface area contributed by atoms with E-state index in [1.54, 1.807) is 12.1 Å². The van der Waals surface area contributed by atoms with E-state index in [2.05, 4.69) is 21.4 Å². The van der Waals surface area contributed by atoms with E-state index in [0.717, 1.165) is 16.9 Å². The van der Waals surface area contributed by atoms with Crippen LogP contribution in [0.2, 0.25) is 5.02 Å². The minimum absolute atomic E-state index is 0.0595. The van der Waals surface area contributed by atoms with Crippen LogP contribution in [0.15, 0.2) is 77.9 Å². The van der Waals surface area contributed by atoms with E-state index in [9.17, 15) is 9.18 Å². The molecular formula is C24H22ClFN4O2. The Morgan fingerprint density at radius 1 is 1.12 bits per heavy atom. The minimum Gasteiger partial charge on any atom is -0.489 e. The van der Waals surface area contributed by atoms with Crippen LogP contribution < -0.4 is 21.0 Å². The third-order valence-corrected chi connectivity index (χ3v) is 5.46. The lowest BCUT2D eigenvalue weighted by Crippen LogP contribution is -2.41. The highest BCUT2D eigenvalue weighted by Crippen LogP contribution is 2.26. The molecule has 1 saturated heterocycles. The van der Waals surface area contributed by atoms with E-state index in [4.69, 9.17) is 16.3 Å². The molecule has 3 aromatic carbocycles. The maximum absolute atomic E-state index is 12.9. The monoisotopic (exact) mass is 452 g/mol. The number of benzene rings is 3. The van der Waals surface area contributed by atoms with Crippen LogP contribution in [-0.2, 0) is 11.4 Å². The molecule has 0 bridgehead atoms. The molecule has 0 aromatic heterocycles. The van der Waals surface area contributed by atoms with Gasteiger partial charge in [-0.25, -0.2) is 20.7 Å². The molecule has 4 rings (SSSR count). The van der Waals surface area contributed by atoms with Gasteiger partial charge >= 0.3 is 0 Å². The van der Waals surface area contributed by atoms with Crippen LogP contribution in [0.4, 0.5) is 4.39 Å². The van der Waals surface area contributed by atoms with Crippen molar-refractivity contribution < 1.29 is 13.9 Å². The van der Waals surface area contributed by atoms with Crippen LogP contribution in [0.3, 0.4) is 0 Å². The average molecular weight is 453 g/mol. The van der Waals surface area contributed by atoms with Crippen molar-refractivity contribution in [3.63, 3.8) is 0 Å². The van der Waals surface area contributed by atoms with Crippen LogP contribution in [-0.4, -0.2) is 18.2 Å². The lowest BCUT2D eigenvalue weighted by Gasteiger charge is -2.13. The molecule has 0 aliphatic carbocycles. The molecule has 0 saturated carbocycles. The molecule has 1 aliphatic rings. The number of amides is 1. The van der Waals surface area contributed by atoms with Crippen molar-refractivity contribution in [3.05, 3.63) is 100 Å². The molecule has 1 fully saturated rings. The van der Waals surface area contributed by atoms with Crippen LogP contribution in [0.1, 0.15) is 29.2 Å². The molecule has 1 heterocycles. The largest absolute Gasteiger partial charge is 0.489 e. The Hall–Kier alpha value is -3.26. The summed E-state index contributed by atoms with van der Waals surface area (Å²) in [7, 11) is 0. The van der Waals surface area contributed by atoms with E-state index in [0.29, 0.717) is 23.6 Å². The summed E-state index contributed by atoms with van der Waals surface area (Å²) in [5.41, 5.74) is 11.3. The van der Waals surface area contributed by atoms with Gasteiger partial charge in [0.1, 0.15) is 24.2 Å². The normalized spacial score (nSPS) is 18.1. The Balaban J connectivity index is 1.30. The molecule has 8 heteroatoms. The Bertz CT molecular complexity index is 1110. The van der Waals surface area contributed by atoms with Gasteiger partial charge in [-0.3, -0.25) is 4.79 Å². The summed E-state index contributed by atoms with van der Waals surface area (Å²) in [5.74, 6) is 0.141. The molecule has 3 aromatic rings. The van der Waals surface area contributed by atoms with Crippen molar-refractivity contribution >= 4 is 23.7 Å². The van der Waals surface area contributed by atoms with Crippen molar-refractivity contribution in [1.29, 1.82) is 0 Å². The summed E-state index contributed by atoms with van der Waals surface area (Å²) in [6.45, 7) is 0.372. The number of hydrogen-bond donors (Lipinski definition) is 3. The molecule has 2 unspecified atom stereocenters. The van der Waals surface area contributed by atoms with Gasteiger partial charge in [-0.05, 0) is 47.9 Å². The number of hydrazone groups is 1. The summed E-state index contributed by atoms with van der Waals surface area (Å²) < 4.78 is 18.8. The number of nitrogens with zero attached hydrogens (tertiary/aromatic N) is 1. The lowest BCUT2D eigenvalue weighted by atomic mass is 10.0. The standard InChI is InChI=1S/C24H22ClFN4O2/c25-21-7-2-1-4-18(21)15-32-20-6-3-5-17(12-20)22-13-23(29-28-22)24(31)30-27-14-16-8-10-19(26)11-9-16/h1-12,14,22-23,28-29H,13,15H2,(H,30,31)/b27-14+. The molecule has 3 N–H and O–H groups in total. The first-order chi connectivity index (χ1) is 15.6. The summed E-state index contributed by atoms with van der Waals surface area (Å²) >= 11 is 6.19. The molecule has 2 atom stereocenters. The number of ether oxygens (including phenoxy) is 1. The fraction of sp³-hybridized carbons (Fsp3) is 0.167. The number of hydrazine groups is 1. The van der Waals surface area contributed by atoms with Gasteiger partial charge in [-0.2, -0.15) is 5.10 Å². The Morgan fingerprint density at radius 3 is 2.75 bits per heavy atom. The maximum atomic E-state index is 12.9. The average Bonchev–Trinajstić information content (AvgIpc) is 3.31. The Morgan fingerprint density at radius 2 is 1.94 bits per heavy atom. The number of carbonyl (C=O) groups is 1. The highest BCUT2D eigenvalue weighted by molar-refractivity contribution is 6.31. The zero-order chi connectivity index (χ0) is 22.3. The second kappa shape index (κ2) is 10.4. The third kappa shape index (κ3) is 5.70. The van der Waals surface area contributed by atoms with Crippen molar-refractivity contribution in [2.45, 2.75) is 25.1 Å². The van der Waals surface area contributed by atoms with Crippen LogP contribution in [0.5, 0.6) is 5.75 Å². The minimum atomic E-state index is -0.446. The van der Waals surface area contributed by atoms with Crippen LogP contribution in [0, 0.1) is 5.82 Å². The van der Waals surface area contributed by atoms with E-state index < -0.39 is 6.04 Å². The van der Waals surface area contributed by atoms with Gasteiger partial charge in [-0.15, -0.1) is 0 Å². The topological polar surface area (TPSA) is 74.8 Å². The summed E-state index contributed by atoms with van der Waals surface area (Å²) in [6.07, 6.45) is 2.02. The predicted molar refractivity (Wildman–Crippen MR) is 122 cm³/mol. The second-order valence-electron chi connectivity index (χ2n) is 7.37. The van der Waals surface area contributed by atoms with E-state index in [1.165, 1.54) is 18.3 Å². The Labute approximate surface area is 190 Å². The molecule has 6 nitrogen and oxygen atoms in total. The smallest absolute Gasteiger partial charge is 0.258 e. The number of nitrogens with one attached hydrogen (secondary N) is 3. The molecule has 0 spiro atoms. The van der Waals surface area contributed by atoms with E-state index in [1.807, 2.05) is 48.5 Å². The summed E-state index contributed by atoms with van der Waals surface area (Å²) in [6, 6.07) is 20.6. The zero-order valence-corrected chi connectivity index (χ0v) is 17.9. The molecule has 32 heavy (non-hydrogen) atoms. The van der Waals surface area contributed by atoms with Crippen molar-refractivity contribution in [2.75, 3.05) is 0 Å². The first-order valence-electron chi connectivity index (χ1n) is 10.1. The highest BCUT2D eigenvalue weighted by atomic mass is 35.5. The van der Waals surface area contributed by atoms with Crippen LogP contribution >= 0.6 is 11.6 Å². The van der Waals surface area contributed by atoms with Crippen LogP contribution in [0.25, 0.3) is 0 Å². The molecule has 164 valence electrons. The third-order valence-electron chi connectivity index (χ3n) is 5.09. The second-order valence-corrected chi connectivity index (χ2v) is 7.78. The van der Waals surface area contributed by atoms with Crippen molar-refractivity contribution in [1.82, 2.24) is 16.3 Å². The van der Waals surface area contributed by atoms with E-state index in [-0.39, 0.29) is 17.8 Å². The molecule has 1 amide bonds. The summed E-state index contributed by atoms with van der Waals surface area (Å²) in [4.78, 5) is 12.4. The lowest BCUT2D eigenvalue weighted by molar-refractivity contribution is -0.122. The quantitative estimate of drug-likeness (QED) is 0.372. The molecule has 1 aliphatic heterocycles. The van der Waals surface area contributed by atoms with Gasteiger partial charge in [-0.1, -0.05) is 54.1 Å². The molecular weight excluding hydrogens is 431 g/mol. The first-order valence-corrected chi connectivity index (χ1v) is 10.5. The van der Waals surface area contributed by atoms with Gasteiger partial charge < -0.3 is 4.74 Å². The van der Waals surface area contributed by atoms with Gasteiger partial charge in [0.2, 0.25) is 0 Å². The number of halogens is 2. The van der Waals surface area contributed by atoms with E-state index >= 15 is 0 Å². The first kappa shape index (κ1) is 22.0. The van der Waals surface area contributed by atoms with Gasteiger partial charge in [0, 0.05) is 16.6 Å². The fourth-order valence-corrected chi connectivity index (χ4v) is 3.53. The SMILES string of the molecule is O=C(N/N=C/c1ccc(F)cc1)C1CC(c2cccc(OCc3ccccc3Cl)c2)NN1. The van der Waals surface area contributed by atoms with Crippen molar-refractivity contribution in [2.24, 2.45) is 5.10 Å². The van der Waals surface area contributed by atoms with Gasteiger partial charge in [0.05, 0.1) is 6.21 Å². The highest BCUT2D eigenvalue weighted by Gasteiger charge is 2.30. The Kier molecular flexibility index (Phi) is 7.11. The number of carbonyl (C=O) groups excluding carboxylic acids is 1. The predicted octanol–water partition coefficient (Wildman–Crippen LogP) is 4.12. The van der Waals surface area contributed by atoms with Gasteiger partial charge in [0.25, 0.3) is 5.91 Å². The number of hydrogen-bond acceptors (Lipinski definition) is 5. The van der Waals surface area contributed by atoms with Gasteiger partial charge in [0.15, 0.2) is 0 Å². The summed E-state index contributed by atoms with van der Waals surface area (Å²) in [5, 5.41) is 4.61. The zero-order valence-electron chi connectivity index (χ0n) is 17.1.